The average molecular weight is 230 g/mol. The fourth-order valence-corrected chi connectivity index (χ4v) is 1.02. The van der Waals surface area contributed by atoms with E-state index in [1.54, 1.807) is 26.0 Å². The Morgan fingerprint density at radius 3 is 2.25 bits per heavy atom. The molecule has 5 heteroatoms. The lowest BCUT2D eigenvalue weighted by molar-refractivity contribution is -0.145. The Balaban J connectivity index is 3.73. The highest BCUT2D eigenvalue weighted by Gasteiger charge is 2.12. The van der Waals surface area contributed by atoms with E-state index in [1.807, 2.05) is 6.92 Å². The van der Waals surface area contributed by atoms with E-state index in [0.29, 0.717) is 6.61 Å². The molecule has 0 atom stereocenters. The van der Waals surface area contributed by atoms with Crippen LogP contribution < -0.4 is 0 Å². The number of rotatable bonds is 7. The van der Waals surface area contributed by atoms with Crippen LogP contribution in [0, 0.1) is 0 Å². The van der Waals surface area contributed by atoms with Crippen LogP contribution in [0.5, 0.6) is 0 Å². The van der Waals surface area contributed by atoms with Crippen molar-refractivity contribution in [1.82, 2.24) is 9.80 Å². The molecule has 5 nitrogen and oxygen atoms in total. The zero-order valence-electron chi connectivity index (χ0n) is 10.7. The first-order valence-electron chi connectivity index (χ1n) is 5.51. The van der Waals surface area contributed by atoms with Gasteiger partial charge in [-0.3, -0.25) is 14.5 Å². The van der Waals surface area contributed by atoms with Gasteiger partial charge in [-0.25, -0.2) is 0 Å². The van der Waals surface area contributed by atoms with Gasteiger partial charge in [0.05, 0.1) is 19.7 Å². The molecule has 0 saturated carbocycles. The third kappa shape index (κ3) is 7.23. The first-order valence-corrected chi connectivity index (χ1v) is 5.51. The second kappa shape index (κ2) is 8.10. The van der Waals surface area contributed by atoms with Gasteiger partial charge in [-0.1, -0.05) is 13.3 Å². The summed E-state index contributed by atoms with van der Waals surface area (Å²) >= 11 is 0. The lowest BCUT2D eigenvalue weighted by Crippen LogP contribution is -2.37. The Bertz CT molecular complexity index is 229. The van der Waals surface area contributed by atoms with Gasteiger partial charge in [0, 0.05) is 14.1 Å². The smallest absolute Gasteiger partial charge is 0.320 e. The van der Waals surface area contributed by atoms with Gasteiger partial charge in [0.2, 0.25) is 5.91 Å². The Kier molecular flexibility index (Phi) is 7.54. The van der Waals surface area contributed by atoms with Gasteiger partial charge in [0.15, 0.2) is 0 Å². The van der Waals surface area contributed by atoms with Gasteiger partial charge in [0.25, 0.3) is 0 Å². The zero-order valence-corrected chi connectivity index (χ0v) is 10.7. The van der Waals surface area contributed by atoms with Crippen LogP contribution in [-0.4, -0.2) is 62.5 Å². The van der Waals surface area contributed by atoms with Crippen LogP contribution in [0.1, 0.15) is 19.8 Å². The first kappa shape index (κ1) is 14.9. The van der Waals surface area contributed by atoms with Crippen LogP contribution in [0.25, 0.3) is 0 Å². The molecule has 16 heavy (non-hydrogen) atoms. The predicted octanol–water partition coefficient (Wildman–Crippen LogP) is 0.350. The molecule has 94 valence electrons. The van der Waals surface area contributed by atoms with Crippen molar-refractivity contribution in [2.45, 2.75) is 19.8 Å². The zero-order chi connectivity index (χ0) is 12.6. The molecular formula is C11H22N2O3. The molecule has 0 aromatic carbocycles. The second-order valence-electron chi connectivity index (χ2n) is 4.03. The SMILES string of the molecule is CCCCOC(=O)CN(C)CC(=O)N(C)C. The van der Waals surface area contributed by atoms with E-state index in [-0.39, 0.29) is 25.0 Å². The standard InChI is InChI=1S/C11H22N2O3/c1-5-6-7-16-11(15)9-13(4)8-10(14)12(2)3/h5-9H2,1-4H3. The fourth-order valence-electron chi connectivity index (χ4n) is 1.02. The number of hydrogen-bond acceptors (Lipinski definition) is 4. The largest absolute Gasteiger partial charge is 0.465 e. The molecule has 0 aromatic rings. The summed E-state index contributed by atoms with van der Waals surface area (Å²) in [6.07, 6.45) is 1.88. The van der Waals surface area contributed by atoms with E-state index in [0.717, 1.165) is 12.8 Å². The molecule has 0 aliphatic heterocycles. The summed E-state index contributed by atoms with van der Waals surface area (Å²) in [6, 6.07) is 0. The van der Waals surface area contributed by atoms with Gasteiger partial charge in [-0.05, 0) is 13.5 Å². The van der Waals surface area contributed by atoms with Crippen LogP contribution >= 0.6 is 0 Å². The highest BCUT2D eigenvalue weighted by atomic mass is 16.5. The van der Waals surface area contributed by atoms with Crippen LogP contribution in [0.3, 0.4) is 0 Å². The van der Waals surface area contributed by atoms with Crippen molar-refractivity contribution < 1.29 is 14.3 Å². The van der Waals surface area contributed by atoms with Crippen molar-refractivity contribution >= 4 is 11.9 Å². The second-order valence-corrected chi connectivity index (χ2v) is 4.03. The van der Waals surface area contributed by atoms with E-state index in [4.69, 9.17) is 4.74 Å². The van der Waals surface area contributed by atoms with Crippen LogP contribution in [-0.2, 0) is 14.3 Å². The van der Waals surface area contributed by atoms with Crippen molar-refractivity contribution in [3.05, 3.63) is 0 Å². The van der Waals surface area contributed by atoms with E-state index in [1.165, 1.54) is 4.90 Å². The maximum atomic E-state index is 11.3. The molecule has 0 spiro atoms. The van der Waals surface area contributed by atoms with Gasteiger partial charge >= 0.3 is 5.97 Å². The topological polar surface area (TPSA) is 49.9 Å². The van der Waals surface area contributed by atoms with Gasteiger partial charge < -0.3 is 9.64 Å². The van der Waals surface area contributed by atoms with E-state index in [9.17, 15) is 9.59 Å². The van der Waals surface area contributed by atoms with E-state index < -0.39 is 0 Å². The maximum absolute atomic E-state index is 11.3. The monoisotopic (exact) mass is 230 g/mol. The summed E-state index contributed by atoms with van der Waals surface area (Å²) in [6.45, 7) is 2.89. The van der Waals surface area contributed by atoms with Crippen molar-refractivity contribution in [2.24, 2.45) is 0 Å². The molecule has 0 saturated heterocycles. The lowest BCUT2D eigenvalue weighted by Gasteiger charge is -2.17. The molecule has 1 amide bonds. The number of amides is 1. The van der Waals surface area contributed by atoms with E-state index >= 15 is 0 Å². The number of ether oxygens (including phenoxy) is 1. The number of carbonyl (C=O) groups excluding carboxylic acids is 2. The maximum Gasteiger partial charge on any atom is 0.320 e. The minimum Gasteiger partial charge on any atom is -0.465 e. The van der Waals surface area contributed by atoms with Gasteiger partial charge in [-0.2, -0.15) is 0 Å². The lowest BCUT2D eigenvalue weighted by atomic mass is 10.4. The third-order valence-corrected chi connectivity index (χ3v) is 2.06. The Hall–Kier alpha value is -1.10. The molecule has 0 radical (unpaired) electrons. The molecule has 0 fully saturated rings. The first-order chi connectivity index (χ1) is 7.47. The summed E-state index contributed by atoms with van der Waals surface area (Å²) in [5.41, 5.74) is 0. The van der Waals surface area contributed by atoms with E-state index in [2.05, 4.69) is 0 Å². The quantitative estimate of drug-likeness (QED) is 0.468. The van der Waals surface area contributed by atoms with Crippen molar-refractivity contribution in [3.8, 4) is 0 Å². The highest BCUT2D eigenvalue weighted by Crippen LogP contribution is 1.92. The molecule has 0 unspecified atom stereocenters. The summed E-state index contributed by atoms with van der Waals surface area (Å²) in [5, 5.41) is 0. The van der Waals surface area contributed by atoms with Crippen LogP contribution in [0.15, 0.2) is 0 Å². The van der Waals surface area contributed by atoms with Crippen molar-refractivity contribution in [1.29, 1.82) is 0 Å². The van der Waals surface area contributed by atoms with Crippen molar-refractivity contribution in [2.75, 3.05) is 40.8 Å². The Morgan fingerprint density at radius 1 is 1.12 bits per heavy atom. The number of hydrogen-bond donors (Lipinski definition) is 0. The molecule has 0 aliphatic carbocycles. The normalized spacial score (nSPS) is 10.3. The summed E-state index contributed by atoms with van der Waals surface area (Å²) in [4.78, 5) is 25.8. The molecule has 0 aromatic heterocycles. The highest BCUT2D eigenvalue weighted by molar-refractivity contribution is 5.78. The number of carbonyl (C=O) groups is 2. The van der Waals surface area contributed by atoms with Crippen LogP contribution in [0.4, 0.5) is 0 Å². The average Bonchev–Trinajstić information content (AvgIpc) is 2.17. The molecule has 0 aliphatic rings. The summed E-state index contributed by atoms with van der Waals surface area (Å²) < 4.78 is 4.99. The Morgan fingerprint density at radius 2 is 1.75 bits per heavy atom. The summed E-state index contributed by atoms with van der Waals surface area (Å²) in [7, 11) is 5.11. The number of esters is 1. The number of unbranched alkanes of at least 4 members (excludes halogenated alkanes) is 1. The number of nitrogens with zero attached hydrogens (tertiary/aromatic N) is 2. The van der Waals surface area contributed by atoms with Crippen LogP contribution in [0.2, 0.25) is 0 Å². The van der Waals surface area contributed by atoms with Crippen molar-refractivity contribution in [3.63, 3.8) is 0 Å². The van der Waals surface area contributed by atoms with Gasteiger partial charge in [-0.15, -0.1) is 0 Å². The minimum absolute atomic E-state index is 0.0242. The third-order valence-electron chi connectivity index (χ3n) is 2.06. The fraction of sp³-hybridized carbons (Fsp3) is 0.818. The predicted molar refractivity (Wildman–Crippen MR) is 62.1 cm³/mol. The molecule has 0 heterocycles. The molecular weight excluding hydrogens is 208 g/mol. The minimum atomic E-state index is -0.275. The Labute approximate surface area is 97.3 Å². The summed E-state index contributed by atoms with van der Waals surface area (Å²) in [5.74, 6) is -0.300. The molecule has 0 rings (SSSR count). The molecule has 0 bridgehead atoms. The molecule has 0 N–H and O–H groups in total. The number of likely N-dealkylation sites (N-methyl/N-ethyl adjacent to an activating group) is 2. The van der Waals surface area contributed by atoms with Gasteiger partial charge in [0.1, 0.15) is 0 Å².